The van der Waals surface area contributed by atoms with Crippen molar-refractivity contribution < 1.29 is 27.9 Å². The van der Waals surface area contributed by atoms with Crippen molar-refractivity contribution in [2.45, 2.75) is 30.9 Å². The van der Waals surface area contributed by atoms with Gasteiger partial charge < -0.3 is 15.3 Å². The summed E-state index contributed by atoms with van der Waals surface area (Å²) in [6.45, 7) is 1.59. The van der Waals surface area contributed by atoms with Crippen LogP contribution in [0.3, 0.4) is 0 Å². The highest BCUT2D eigenvalue weighted by Crippen LogP contribution is 2.15. The van der Waals surface area contributed by atoms with Gasteiger partial charge in [-0.2, -0.15) is 9.98 Å². The number of ether oxygens (including phenoxy) is 1. The average molecular weight is 416 g/mol. The summed E-state index contributed by atoms with van der Waals surface area (Å²) >= 11 is 5.70. The lowest BCUT2D eigenvalue weighted by molar-refractivity contribution is -0.152. The Balaban J connectivity index is 2.88. The Labute approximate surface area is 161 Å². The van der Waals surface area contributed by atoms with Crippen molar-refractivity contribution in [3.8, 4) is 6.07 Å². The summed E-state index contributed by atoms with van der Waals surface area (Å²) in [4.78, 5) is 23.7. The molecule has 0 fully saturated rings. The Morgan fingerprint density at radius 1 is 1.37 bits per heavy atom. The van der Waals surface area contributed by atoms with Gasteiger partial charge in [0.25, 0.3) is 0 Å². The van der Waals surface area contributed by atoms with Crippen molar-refractivity contribution in [3.63, 3.8) is 0 Å². The van der Waals surface area contributed by atoms with Crippen molar-refractivity contribution in [2.24, 2.45) is 5.92 Å². The van der Waals surface area contributed by atoms with E-state index in [-0.39, 0.29) is 10.6 Å². The van der Waals surface area contributed by atoms with E-state index in [1.54, 1.807) is 6.07 Å². The van der Waals surface area contributed by atoms with E-state index < -0.39 is 46.4 Å². The normalized spacial score (nSPS) is 14.5. The summed E-state index contributed by atoms with van der Waals surface area (Å²) in [6, 6.07) is 5.03. The number of Topliss-reactive ketones (excluding diaryl/α,β-unsaturated/α-hetero) is 1. The fraction of sp³-hybridized carbons (Fsp3) is 0.375. The van der Waals surface area contributed by atoms with Crippen molar-refractivity contribution in [2.75, 3.05) is 6.61 Å². The molecule has 9 nitrogen and oxygen atoms in total. The predicted molar refractivity (Wildman–Crippen MR) is 95.7 cm³/mol. The number of nitrogens with one attached hydrogen (secondary N) is 2. The van der Waals surface area contributed by atoms with Crippen LogP contribution in [0.4, 0.5) is 0 Å². The van der Waals surface area contributed by atoms with Gasteiger partial charge in [0.2, 0.25) is 10.0 Å². The van der Waals surface area contributed by atoms with Gasteiger partial charge in [0.15, 0.2) is 12.4 Å². The van der Waals surface area contributed by atoms with E-state index in [4.69, 9.17) is 27.0 Å². The molecule has 1 aromatic carbocycles. The predicted octanol–water partition coefficient (Wildman–Crippen LogP) is 0.659. The molecule has 11 heteroatoms. The fourth-order valence-corrected chi connectivity index (χ4v) is 3.30. The standard InChI is InChI=1S/C16H18ClN3O6S/c1-9(19)13(7-18)14(22)8-26-16(23)15(10(2)21)20-27(24,25)12-5-3-11(17)4-6-12/h3-6,10,13,15,19-21H,8H2,1-2H3/t10-,13-,15-/m1/s1. The summed E-state index contributed by atoms with van der Waals surface area (Å²) in [7, 11) is -4.18. The van der Waals surface area contributed by atoms with Crippen LogP contribution < -0.4 is 4.72 Å². The SMILES string of the molecule is CC(=N)[C@@H](C#N)C(=O)COC(=O)[C@H](NS(=O)(=O)c1ccc(Cl)cc1)[C@@H](C)O. The number of halogens is 1. The molecule has 27 heavy (non-hydrogen) atoms. The van der Waals surface area contributed by atoms with Crippen LogP contribution in [0.1, 0.15) is 13.8 Å². The lowest BCUT2D eigenvalue weighted by atomic mass is 10.0. The molecule has 0 radical (unpaired) electrons. The van der Waals surface area contributed by atoms with Crippen LogP contribution in [0, 0.1) is 22.7 Å². The topological polar surface area (TPSA) is 157 Å². The number of hydrogen-bond donors (Lipinski definition) is 3. The summed E-state index contributed by atoms with van der Waals surface area (Å²) in [5.74, 6) is -3.40. The highest BCUT2D eigenvalue weighted by molar-refractivity contribution is 7.89. The molecule has 0 aliphatic rings. The van der Waals surface area contributed by atoms with Crippen molar-refractivity contribution in [1.82, 2.24) is 4.72 Å². The molecule has 0 amide bonds. The molecule has 0 aliphatic carbocycles. The molecule has 1 aromatic rings. The first-order valence-electron chi connectivity index (χ1n) is 7.59. The first-order valence-corrected chi connectivity index (χ1v) is 9.45. The quantitative estimate of drug-likeness (QED) is 0.394. The number of ketones is 1. The molecule has 0 aliphatic heterocycles. The Hall–Kier alpha value is -2.32. The highest BCUT2D eigenvalue weighted by atomic mass is 35.5. The van der Waals surface area contributed by atoms with Gasteiger partial charge in [-0.25, -0.2) is 8.42 Å². The molecule has 146 valence electrons. The monoisotopic (exact) mass is 415 g/mol. The third kappa shape index (κ3) is 6.41. The second-order valence-electron chi connectivity index (χ2n) is 5.61. The van der Waals surface area contributed by atoms with E-state index in [0.29, 0.717) is 5.02 Å². The maximum Gasteiger partial charge on any atom is 0.327 e. The van der Waals surface area contributed by atoms with Crippen molar-refractivity contribution >= 4 is 39.1 Å². The number of rotatable bonds is 9. The molecule has 1 rings (SSSR count). The van der Waals surface area contributed by atoms with Gasteiger partial charge in [0.1, 0.15) is 12.0 Å². The Kier molecular flexibility index (Phi) is 8.05. The summed E-state index contributed by atoms with van der Waals surface area (Å²) in [6.07, 6.45) is -1.47. The third-order valence-corrected chi connectivity index (χ3v) is 5.09. The maximum absolute atomic E-state index is 12.3. The molecule has 0 aromatic heterocycles. The van der Waals surface area contributed by atoms with Gasteiger partial charge in [-0.05, 0) is 38.1 Å². The number of carbonyl (C=O) groups is 2. The van der Waals surface area contributed by atoms with E-state index in [2.05, 4.69) is 0 Å². The van der Waals surface area contributed by atoms with Crippen LogP contribution in [0.15, 0.2) is 29.2 Å². The second-order valence-corrected chi connectivity index (χ2v) is 7.76. The number of aliphatic hydroxyl groups is 1. The average Bonchev–Trinajstić information content (AvgIpc) is 2.58. The van der Waals surface area contributed by atoms with E-state index in [0.717, 1.165) is 6.92 Å². The molecule has 3 N–H and O–H groups in total. The summed E-state index contributed by atoms with van der Waals surface area (Å²) in [5.41, 5.74) is -0.214. The summed E-state index contributed by atoms with van der Waals surface area (Å²) in [5, 5.41) is 26.2. The van der Waals surface area contributed by atoms with Crippen LogP contribution in [0.2, 0.25) is 5.02 Å². The number of benzene rings is 1. The van der Waals surface area contributed by atoms with Crippen molar-refractivity contribution in [3.05, 3.63) is 29.3 Å². The second kappa shape index (κ2) is 9.57. The molecule has 0 bridgehead atoms. The molecular formula is C16H18ClN3O6S. The Bertz CT molecular complexity index is 861. The lowest BCUT2D eigenvalue weighted by Gasteiger charge is -2.20. The van der Waals surface area contributed by atoms with Crippen LogP contribution in [0.5, 0.6) is 0 Å². The van der Waals surface area contributed by atoms with E-state index in [1.807, 2.05) is 4.72 Å². The summed E-state index contributed by atoms with van der Waals surface area (Å²) < 4.78 is 31.4. The van der Waals surface area contributed by atoms with Crippen LogP contribution >= 0.6 is 11.6 Å². The number of nitrogens with zero attached hydrogens (tertiary/aromatic N) is 1. The number of carbonyl (C=O) groups excluding carboxylic acids is 2. The zero-order chi connectivity index (χ0) is 20.8. The maximum atomic E-state index is 12.3. The molecular weight excluding hydrogens is 398 g/mol. The minimum absolute atomic E-state index is 0.189. The molecule has 0 saturated carbocycles. The number of sulfonamides is 1. The van der Waals surface area contributed by atoms with Crippen LogP contribution in [-0.4, -0.2) is 49.7 Å². The zero-order valence-corrected chi connectivity index (χ0v) is 16.0. The van der Waals surface area contributed by atoms with Crippen LogP contribution in [0.25, 0.3) is 0 Å². The number of hydrogen-bond acceptors (Lipinski definition) is 8. The van der Waals surface area contributed by atoms with Gasteiger partial charge >= 0.3 is 5.97 Å². The van der Waals surface area contributed by atoms with Gasteiger partial charge in [-0.15, -0.1) is 0 Å². The first-order chi connectivity index (χ1) is 12.5. The third-order valence-electron chi connectivity index (χ3n) is 3.38. The smallest absolute Gasteiger partial charge is 0.327 e. The molecule has 0 heterocycles. The number of esters is 1. The van der Waals surface area contributed by atoms with Gasteiger partial charge in [0, 0.05) is 10.7 Å². The van der Waals surface area contributed by atoms with E-state index in [1.165, 1.54) is 31.2 Å². The minimum atomic E-state index is -4.18. The van der Waals surface area contributed by atoms with Crippen LogP contribution in [-0.2, 0) is 24.3 Å². The largest absolute Gasteiger partial charge is 0.456 e. The highest BCUT2D eigenvalue weighted by Gasteiger charge is 2.32. The molecule has 3 atom stereocenters. The van der Waals surface area contributed by atoms with E-state index >= 15 is 0 Å². The Morgan fingerprint density at radius 2 is 1.93 bits per heavy atom. The molecule has 0 spiro atoms. The van der Waals surface area contributed by atoms with Crippen molar-refractivity contribution in [1.29, 1.82) is 10.7 Å². The lowest BCUT2D eigenvalue weighted by Crippen LogP contribution is -2.48. The minimum Gasteiger partial charge on any atom is -0.456 e. The van der Waals surface area contributed by atoms with Gasteiger partial charge in [0.05, 0.1) is 17.1 Å². The molecule has 0 unspecified atom stereocenters. The zero-order valence-electron chi connectivity index (χ0n) is 14.5. The molecule has 0 saturated heterocycles. The first kappa shape index (κ1) is 22.7. The number of aliphatic hydroxyl groups excluding tert-OH is 1. The fourth-order valence-electron chi connectivity index (χ4n) is 1.92. The van der Waals surface area contributed by atoms with E-state index in [9.17, 15) is 23.1 Å². The van der Waals surface area contributed by atoms with Gasteiger partial charge in [-0.1, -0.05) is 11.6 Å². The van der Waals surface area contributed by atoms with Gasteiger partial charge in [-0.3, -0.25) is 9.59 Å². The number of nitriles is 1. The Morgan fingerprint density at radius 3 is 2.37 bits per heavy atom.